The Morgan fingerprint density at radius 3 is 1.50 bits per heavy atom. The number of hydrogen-bond donors (Lipinski definition) is 3. The van der Waals surface area contributed by atoms with Gasteiger partial charge in [0.25, 0.3) is 0 Å². The summed E-state index contributed by atoms with van der Waals surface area (Å²) in [6.07, 6.45) is 0. The van der Waals surface area contributed by atoms with E-state index in [0.717, 1.165) is 0 Å². The number of halogens is 2. The van der Waals surface area contributed by atoms with Gasteiger partial charge in [0.15, 0.2) is 0 Å². The molecule has 0 radical (unpaired) electrons. The fourth-order valence-corrected chi connectivity index (χ4v) is 1.35. The van der Waals surface area contributed by atoms with E-state index in [1.165, 1.54) is 0 Å². The van der Waals surface area contributed by atoms with Gasteiger partial charge < -0.3 is 9.79 Å². The third-order valence-corrected chi connectivity index (χ3v) is 3.35. The van der Waals surface area contributed by atoms with Gasteiger partial charge in [-0.25, -0.2) is 0 Å². The van der Waals surface area contributed by atoms with Gasteiger partial charge in [-0.15, -0.1) is 0 Å². The summed E-state index contributed by atoms with van der Waals surface area (Å²) < 4.78 is 60.2. The Labute approximate surface area is 85.0 Å². The molecule has 0 aliphatic carbocycles. The fourth-order valence-electron chi connectivity index (χ4n) is 0.150. The molecule has 12 heavy (non-hydrogen) atoms. The first-order chi connectivity index (χ1) is 4.50. The van der Waals surface area contributed by atoms with Gasteiger partial charge in [-0.2, -0.15) is 17.2 Å². The van der Waals surface area contributed by atoms with Crippen molar-refractivity contribution in [1.82, 2.24) is 0 Å². The van der Waals surface area contributed by atoms with Crippen LogP contribution < -0.4 is 0 Å². The zero-order chi connectivity index (χ0) is 9.50. The molecule has 0 aliphatic rings. The summed E-state index contributed by atoms with van der Waals surface area (Å²) in [6, 6.07) is 0. The Hall–Kier alpha value is 0.803. The van der Waals surface area contributed by atoms with Crippen LogP contribution in [0.2, 0.25) is 0 Å². The average molecular weight is 303 g/mol. The molecule has 0 unspecified atom stereocenters. The van der Waals surface area contributed by atoms with Gasteiger partial charge >= 0.3 is 22.7 Å². The number of hydrogen-bond acceptors (Lipinski definition) is 3. The first kappa shape index (κ1) is 15.3. The molecular formula is CH3F2O6PSZr. The monoisotopic (exact) mass is 302 g/mol. The zero-order valence-electron chi connectivity index (χ0n) is 5.18. The Morgan fingerprint density at radius 2 is 1.50 bits per heavy atom. The van der Waals surface area contributed by atoms with Crippen molar-refractivity contribution in [1.29, 1.82) is 0 Å². The Morgan fingerprint density at radius 1 is 1.25 bits per heavy atom. The zero-order valence-corrected chi connectivity index (χ0v) is 9.35. The molecule has 0 aromatic carbocycles. The summed E-state index contributed by atoms with van der Waals surface area (Å²) in [5, 5.41) is 0. The summed E-state index contributed by atoms with van der Waals surface area (Å²) in [6.45, 7) is 0. The van der Waals surface area contributed by atoms with Gasteiger partial charge in [0, 0.05) is 26.2 Å². The van der Waals surface area contributed by atoms with Gasteiger partial charge in [-0.05, 0) is 0 Å². The van der Waals surface area contributed by atoms with E-state index in [2.05, 4.69) is 0 Å². The predicted molar refractivity (Wildman–Crippen MR) is 28.5 cm³/mol. The molecular weight excluding hydrogens is 300 g/mol. The molecule has 0 heterocycles. The second-order valence-electron chi connectivity index (χ2n) is 1.51. The van der Waals surface area contributed by atoms with E-state index in [1.54, 1.807) is 0 Å². The molecule has 6 nitrogen and oxygen atoms in total. The molecule has 0 spiro atoms. The van der Waals surface area contributed by atoms with Crippen molar-refractivity contribution in [3.05, 3.63) is 0 Å². The van der Waals surface area contributed by atoms with Crippen molar-refractivity contribution >= 4 is 17.7 Å². The van der Waals surface area contributed by atoms with Gasteiger partial charge in [0.1, 0.15) is 0 Å². The fraction of sp³-hybridized carbons (Fsp3) is 1.00. The quantitative estimate of drug-likeness (QED) is 0.473. The topological polar surface area (TPSA) is 112 Å². The second kappa shape index (κ2) is 3.90. The van der Waals surface area contributed by atoms with Crippen LogP contribution in [0.15, 0.2) is 0 Å². The summed E-state index contributed by atoms with van der Waals surface area (Å²) in [5.74, 6) is 0. The summed E-state index contributed by atoms with van der Waals surface area (Å²) in [4.78, 5) is 9.98. The molecule has 0 aromatic heterocycles. The average Bonchev–Trinajstić information content (AvgIpc) is 1.58. The van der Waals surface area contributed by atoms with Crippen molar-refractivity contribution in [2.45, 2.75) is 5.00 Å². The SMILES string of the molecule is O=P(O)(O)C(F)(F)S(=O)(=O)O.[Zr]. The minimum Gasteiger partial charge on any atom is -0.319 e. The van der Waals surface area contributed by atoms with Gasteiger partial charge in [-0.1, -0.05) is 0 Å². The first-order valence-electron chi connectivity index (χ1n) is 1.90. The molecule has 3 N–H and O–H groups in total. The smallest absolute Gasteiger partial charge is 0.319 e. The van der Waals surface area contributed by atoms with Gasteiger partial charge in [0.05, 0.1) is 0 Å². The maximum absolute atomic E-state index is 11.8. The van der Waals surface area contributed by atoms with Gasteiger partial charge in [-0.3, -0.25) is 9.12 Å². The molecule has 0 rings (SSSR count). The molecule has 0 saturated carbocycles. The van der Waals surface area contributed by atoms with Crippen LogP contribution in [0, 0.1) is 0 Å². The second-order valence-corrected chi connectivity index (χ2v) is 4.92. The van der Waals surface area contributed by atoms with Crippen LogP contribution in [0.3, 0.4) is 0 Å². The minimum absolute atomic E-state index is 0. The first-order valence-corrected chi connectivity index (χ1v) is 4.96. The maximum atomic E-state index is 11.8. The van der Waals surface area contributed by atoms with Crippen molar-refractivity contribution < 1.29 is 62.3 Å². The maximum Gasteiger partial charge on any atom is 0.468 e. The minimum atomic E-state index is -6.16. The normalized spacial score (nSPS) is 13.8. The van der Waals surface area contributed by atoms with Crippen LogP contribution in [0.5, 0.6) is 0 Å². The Balaban J connectivity index is 0. The van der Waals surface area contributed by atoms with Crippen molar-refractivity contribution in [3.63, 3.8) is 0 Å². The van der Waals surface area contributed by atoms with Crippen LogP contribution in [-0.4, -0.2) is 27.8 Å². The Kier molecular flexibility index (Phi) is 4.96. The van der Waals surface area contributed by atoms with E-state index in [9.17, 15) is 21.8 Å². The summed E-state index contributed by atoms with van der Waals surface area (Å²) in [5.41, 5.74) is 0. The molecule has 0 aliphatic heterocycles. The summed E-state index contributed by atoms with van der Waals surface area (Å²) >= 11 is 0. The molecule has 0 bridgehead atoms. The van der Waals surface area contributed by atoms with Crippen molar-refractivity contribution in [2.24, 2.45) is 0 Å². The third-order valence-electron chi connectivity index (χ3n) is 0.649. The summed E-state index contributed by atoms with van der Waals surface area (Å²) in [7, 11) is -12.2. The van der Waals surface area contributed by atoms with E-state index in [0.29, 0.717) is 0 Å². The number of alkyl halides is 2. The van der Waals surface area contributed by atoms with E-state index in [-0.39, 0.29) is 26.2 Å². The van der Waals surface area contributed by atoms with Crippen LogP contribution in [0.25, 0.3) is 0 Å². The van der Waals surface area contributed by atoms with Gasteiger partial charge in [0.2, 0.25) is 0 Å². The van der Waals surface area contributed by atoms with Crippen LogP contribution in [0.1, 0.15) is 0 Å². The largest absolute Gasteiger partial charge is 0.468 e. The molecule has 0 fully saturated rings. The predicted octanol–water partition coefficient (Wildman–Crippen LogP) is -0.400. The molecule has 0 atom stereocenters. The van der Waals surface area contributed by atoms with Crippen LogP contribution >= 0.6 is 7.60 Å². The molecule has 0 aromatic rings. The third kappa shape index (κ3) is 2.94. The Bertz CT molecular complexity index is 291. The van der Waals surface area contributed by atoms with Crippen LogP contribution in [0.4, 0.5) is 8.78 Å². The van der Waals surface area contributed by atoms with Crippen molar-refractivity contribution in [3.8, 4) is 0 Å². The van der Waals surface area contributed by atoms with E-state index in [4.69, 9.17) is 14.3 Å². The number of rotatable bonds is 2. The van der Waals surface area contributed by atoms with Crippen LogP contribution in [-0.2, 0) is 40.9 Å². The van der Waals surface area contributed by atoms with E-state index >= 15 is 0 Å². The molecule has 11 heteroatoms. The van der Waals surface area contributed by atoms with E-state index < -0.39 is 22.7 Å². The van der Waals surface area contributed by atoms with Crippen molar-refractivity contribution in [2.75, 3.05) is 0 Å². The molecule has 0 saturated heterocycles. The van der Waals surface area contributed by atoms with E-state index in [1.807, 2.05) is 0 Å². The standard InChI is InChI=1S/CH3F2O6PS.Zr/c2-1(3,10(4,5)6)11(7,8)9;/h(H2,4,5,6)(H,7,8,9);. The molecule has 72 valence electrons. The molecule has 0 amide bonds.